The summed E-state index contributed by atoms with van der Waals surface area (Å²) in [5.41, 5.74) is 1.49. The lowest BCUT2D eigenvalue weighted by atomic mass is 10.2. The summed E-state index contributed by atoms with van der Waals surface area (Å²) in [5, 5.41) is 1.93. The third kappa shape index (κ3) is 3.02. The molecule has 4 nitrogen and oxygen atoms in total. The van der Waals surface area contributed by atoms with Gasteiger partial charge in [0.2, 0.25) is 0 Å². The van der Waals surface area contributed by atoms with Gasteiger partial charge in [0.05, 0.1) is 18.5 Å². The zero-order chi connectivity index (χ0) is 11.4. The van der Waals surface area contributed by atoms with E-state index in [1.807, 2.05) is 25.1 Å². The van der Waals surface area contributed by atoms with Crippen LogP contribution < -0.4 is 15.0 Å². The van der Waals surface area contributed by atoms with Gasteiger partial charge in [0.1, 0.15) is 5.75 Å². The summed E-state index contributed by atoms with van der Waals surface area (Å²) in [7, 11) is 5.34. The molecule has 0 aromatic heterocycles. The predicted molar refractivity (Wildman–Crippen MR) is 62.2 cm³/mol. The summed E-state index contributed by atoms with van der Waals surface area (Å²) in [6, 6.07) is 5.33. The zero-order valence-corrected chi connectivity index (χ0v) is 9.63. The van der Waals surface area contributed by atoms with E-state index >= 15 is 0 Å². The first kappa shape index (κ1) is 11.7. The van der Waals surface area contributed by atoms with Crippen LogP contribution in [0, 0.1) is 0 Å². The molecular weight excluding hydrogens is 216 g/mol. The Bertz CT molecular complexity index is 366. The topological polar surface area (TPSA) is 41.6 Å². The Kier molecular flexibility index (Phi) is 3.80. The number of anilines is 2. The Morgan fingerprint density at radius 3 is 2.60 bits per heavy atom. The third-order valence-corrected chi connectivity index (χ3v) is 2.01. The Hall–Kier alpha value is -1.42. The standard InChI is InChI=1S/C10H13ClN2O2/c1-13(2)9-6-7(15-3)4-5-8(9)12-10(11)14/h4-6H,1-3H3,(H,12,14). The molecule has 15 heavy (non-hydrogen) atoms. The van der Waals surface area contributed by atoms with E-state index < -0.39 is 5.37 Å². The summed E-state index contributed by atoms with van der Waals surface area (Å²) in [6.07, 6.45) is 0. The molecule has 1 aromatic rings. The molecule has 82 valence electrons. The van der Waals surface area contributed by atoms with Crippen molar-refractivity contribution in [1.29, 1.82) is 0 Å². The van der Waals surface area contributed by atoms with Crippen molar-refractivity contribution in [2.75, 3.05) is 31.4 Å². The molecule has 1 amide bonds. The average molecular weight is 229 g/mol. The van der Waals surface area contributed by atoms with Crippen LogP contribution in [0.1, 0.15) is 0 Å². The van der Waals surface area contributed by atoms with Gasteiger partial charge in [0.15, 0.2) is 0 Å². The van der Waals surface area contributed by atoms with Crippen LogP contribution in [0.2, 0.25) is 0 Å². The first-order valence-corrected chi connectivity index (χ1v) is 4.74. The highest BCUT2D eigenvalue weighted by Crippen LogP contribution is 2.29. The fourth-order valence-corrected chi connectivity index (χ4v) is 1.32. The highest BCUT2D eigenvalue weighted by atomic mass is 35.5. The quantitative estimate of drug-likeness (QED) is 0.639. The maximum atomic E-state index is 10.7. The number of halogens is 1. The molecule has 0 fully saturated rings. The zero-order valence-electron chi connectivity index (χ0n) is 8.87. The maximum absolute atomic E-state index is 10.7. The number of amides is 1. The van der Waals surface area contributed by atoms with E-state index in [4.69, 9.17) is 16.3 Å². The number of benzene rings is 1. The van der Waals surface area contributed by atoms with Crippen molar-refractivity contribution in [2.45, 2.75) is 0 Å². The van der Waals surface area contributed by atoms with E-state index in [-0.39, 0.29) is 0 Å². The molecule has 0 radical (unpaired) electrons. The summed E-state index contributed by atoms with van der Waals surface area (Å²) in [4.78, 5) is 12.6. The number of carbonyl (C=O) groups excluding carboxylic acids is 1. The van der Waals surface area contributed by atoms with Crippen LogP contribution in [0.5, 0.6) is 5.75 Å². The Labute approximate surface area is 93.8 Å². The van der Waals surface area contributed by atoms with Crippen LogP contribution in [0.25, 0.3) is 0 Å². The fourth-order valence-electron chi connectivity index (χ4n) is 1.22. The van der Waals surface area contributed by atoms with E-state index in [1.54, 1.807) is 19.2 Å². The average Bonchev–Trinajstić information content (AvgIpc) is 2.17. The molecule has 0 aliphatic rings. The molecule has 0 saturated carbocycles. The van der Waals surface area contributed by atoms with Gasteiger partial charge in [-0.3, -0.25) is 4.79 Å². The van der Waals surface area contributed by atoms with Crippen molar-refractivity contribution in [3.05, 3.63) is 18.2 Å². The molecule has 1 aromatic carbocycles. The van der Waals surface area contributed by atoms with Crippen molar-refractivity contribution >= 4 is 28.3 Å². The normalized spacial score (nSPS) is 9.60. The van der Waals surface area contributed by atoms with E-state index in [1.165, 1.54) is 0 Å². The molecule has 0 heterocycles. The number of methoxy groups -OCH3 is 1. The molecule has 1 rings (SSSR count). The lowest BCUT2D eigenvalue weighted by Crippen LogP contribution is -2.13. The number of nitrogens with zero attached hydrogens (tertiary/aromatic N) is 1. The van der Waals surface area contributed by atoms with Crippen LogP contribution in [0.4, 0.5) is 16.2 Å². The van der Waals surface area contributed by atoms with Gasteiger partial charge in [-0.25, -0.2) is 0 Å². The van der Waals surface area contributed by atoms with Gasteiger partial charge < -0.3 is 15.0 Å². The first-order valence-electron chi connectivity index (χ1n) is 4.36. The van der Waals surface area contributed by atoms with Crippen molar-refractivity contribution in [2.24, 2.45) is 0 Å². The number of hydrogen-bond donors (Lipinski definition) is 1. The van der Waals surface area contributed by atoms with Gasteiger partial charge in [-0.1, -0.05) is 0 Å². The largest absolute Gasteiger partial charge is 0.497 e. The molecule has 0 aliphatic heterocycles. The fraction of sp³-hybridized carbons (Fsp3) is 0.300. The summed E-state index contributed by atoms with van der Waals surface area (Å²) in [5.74, 6) is 0.728. The summed E-state index contributed by atoms with van der Waals surface area (Å²) >= 11 is 5.26. The molecule has 0 bridgehead atoms. The van der Waals surface area contributed by atoms with E-state index in [2.05, 4.69) is 5.32 Å². The minimum Gasteiger partial charge on any atom is -0.497 e. The maximum Gasteiger partial charge on any atom is 0.318 e. The Morgan fingerprint density at radius 1 is 1.47 bits per heavy atom. The second-order valence-electron chi connectivity index (χ2n) is 3.18. The predicted octanol–water partition coefficient (Wildman–Crippen LogP) is 2.53. The monoisotopic (exact) mass is 228 g/mol. The van der Waals surface area contributed by atoms with Gasteiger partial charge >= 0.3 is 5.37 Å². The van der Waals surface area contributed by atoms with E-state index in [0.29, 0.717) is 5.69 Å². The molecule has 1 N–H and O–H groups in total. The third-order valence-electron chi connectivity index (χ3n) is 1.92. The van der Waals surface area contributed by atoms with Crippen LogP contribution in [0.15, 0.2) is 18.2 Å². The van der Waals surface area contributed by atoms with Crippen molar-refractivity contribution in [1.82, 2.24) is 0 Å². The molecular formula is C10H13ClN2O2. The van der Waals surface area contributed by atoms with E-state index in [9.17, 15) is 4.79 Å². The van der Waals surface area contributed by atoms with E-state index in [0.717, 1.165) is 11.4 Å². The second-order valence-corrected chi connectivity index (χ2v) is 3.52. The Morgan fingerprint density at radius 2 is 2.13 bits per heavy atom. The smallest absolute Gasteiger partial charge is 0.318 e. The van der Waals surface area contributed by atoms with Gasteiger partial charge in [-0.15, -0.1) is 0 Å². The second kappa shape index (κ2) is 4.89. The molecule has 0 spiro atoms. The van der Waals surface area contributed by atoms with Crippen LogP contribution in [-0.4, -0.2) is 26.6 Å². The molecule has 0 aliphatic carbocycles. The minimum absolute atomic E-state index is 0.608. The molecule has 0 saturated heterocycles. The summed E-state index contributed by atoms with van der Waals surface area (Å²) < 4.78 is 5.09. The van der Waals surface area contributed by atoms with Gasteiger partial charge in [-0.05, 0) is 23.7 Å². The van der Waals surface area contributed by atoms with Crippen LogP contribution in [0.3, 0.4) is 0 Å². The first-order chi connectivity index (χ1) is 7.04. The number of ether oxygens (including phenoxy) is 1. The SMILES string of the molecule is COc1ccc(NC(=O)Cl)c(N(C)C)c1. The number of carbonyl (C=O) groups is 1. The number of rotatable bonds is 3. The van der Waals surface area contributed by atoms with Crippen molar-refractivity contribution in [3.8, 4) is 5.75 Å². The van der Waals surface area contributed by atoms with Crippen molar-refractivity contribution in [3.63, 3.8) is 0 Å². The minimum atomic E-state index is -0.608. The number of nitrogens with one attached hydrogen (secondary N) is 1. The molecule has 5 heteroatoms. The Balaban J connectivity index is 3.09. The van der Waals surface area contributed by atoms with Crippen molar-refractivity contribution < 1.29 is 9.53 Å². The van der Waals surface area contributed by atoms with Gasteiger partial charge in [-0.2, -0.15) is 0 Å². The highest BCUT2D eigenvalue weighted by molar-refractivity contribution is 6.65. The van der Waals surface area contributed by atoms with Crippen LogP contribution >= 0.6 is 11.6 Å². The van der Waals surface area contributed by atoms with Crippen LogP contribution in [-0.2, 0) is 0 Å². The summed E-state index contributed by atoms with van der Waals surface area (Å²) in [6.45, 7) is 0. The number of hydrogen-bond acceptors (Lipinski definition) is 3. The van der Waals surface area contributed by atoms with Gasteiger partial charge in [0.25, 0.3) is 0 Å². The lowest BCUT2D eigenvalue weighted by molar-refractivity contribution is 0.269. The van der Waals surface area contributed by atoms with Gasteiger partial charge in [0, 0.05) is 20.2 Å². The lowest BCUT2D eigenvalue weighted by Gasteiger charge is -2.18. The highest BCUT2D eigenvalue weighted by Gasteiger charge is 2.08. The molecule has 0 atom stereocenters. The molecule has 0 unspecified atom stereocenters.